The highest BCUT2D eigenvalue weighted by atomic mass is 35.5. The van der Waals surface area contributed by atoms with Gasteiger partial charge in [-0.3, -0.25) is 4.79 Å². The number of anilines is 1. The van der Waals surface area contributed by atoms with Gasteiger partial charge in [-0.2, -0.15) is 0 Å². The molecule has 5 heteroatoms. The lowest BCUT2D eigenvalue weighted by Gasteiger charge is -2.07. The molecule has 3 N–H and O–H groups in total. The van der Waals surface area contributed by atoms with Gasteiger partial charge in [0.05, 0.1) is 17.3 Å². The van der Waals surface area contributed by atoms with Crippen LogP contribution in [0.1, 0.15) is 15.9 Å². The van der Waals surface area contributed by atoms with E-state index in [9.17, 15) is 9.18 Å². The van der Waals surface area contributed by atoms with Gasteiger partial charge in [0.2, 0.25) is 0 Å². The molecule has 2 aromatic rings. The third kappa shape index (κ3) is 4.06. The molecular weight excluding hydrogens is 291 g/mol. The predicted molar refractivity (Wildman–Crippen MR) is 81.7 cm³/mol. The van der Waals surface area contributed by atoms with Gasteiger partial charge in [0.1, 0.15) is 5.82 Å². The van der Waals surface area contributed by atoms with E-state index in [4.69, 9.17) is 17.3 Å². The van der Waals surface area contributed by atoms with Crippen molar-refractivity contribution in [2.24, 2.45) is 5.73 Å². The summed E-state index contributed by atoms with van der Waals surface area (Å²) in [4.78, 5) is 12.1. The first-order chi connectivity index (χ1) is 10.1. The first-order valence-corrected chi connectivity index (χ1v) is 6.53. The van der Waals surface area contributed by atoms with E-state index >= 15 is 0 Å². The van der Waals surface area contributed by atoms with Gasteiger partial charge in [-0.1, -0.05) is 23.4 Å². The molecule has 0 spiro atoms. The van der Waals surface area contributed by atoms with Crippen LogP contribution in [0.4, 0.5) is 10.1 Å². The maximum atomic E-state index is 13.1. The molecule has 2 aromatic carbocycles. The van der Waals surface area contributed by atoms with Crippen LogP contribution in [0.3, 0.4) is 0 Å². The summed E-state index contributed by atoms with van der Waals surface area (Å²) in [5.41, 5.74) is 6.71. The first-order valence-electron chi connectivity index (χ1n) is 6.15. The van der Waals surface area contributed by atoms with E-state index in [1.807, 2.05) is 0 Å². The minimum absolute atomic E-state index is 0.230. The highest BCUT2D eigenvalue weighted by molar-refractivity contribution is 6.33. The normalized spacial score (nSPS) is 9.67. The summed E-state index contributed by atoms with van der Waals surface area (Å²) in [7, 11) is 0. The predicted octanol–water partition coefficient (Wildman–Crippen LogP) is 3.04. The van der Waals surface area contributed by atoms with Crippen molar-refractivity contribution >= 4 is 23.2 Å². The molecule has 0 saturated heterocycles. The molecule has 21 heavy (non-hydrogen) atoms. The SMILES string of the molecule is NCC#Cc1ccc(C(=O)Nc2cc(F)ccc2Cl)cc1. The molecule has 0 aromatic heterocycles. The minimum atomic E-state index is -0.470. The summed E-state index contributed by atoms with van der Waals surface area (Å²) in [6.45, 7) is 0.278. The van der Waals surface area contributed by atoms with Gasteiger partial charge < -0.3 is 11.1 Å². The molecule has 0 saturated carbocycles. The van der Waals surface area contributed by atoms with Gasteiger partial charge in [0.15, 0.2) is 0 Å². The lowest BCUT2D eigenvalue weighted by Crippen LogP contribution is -2.12. The number of nitrogens with two attached hydrogens (primary N) is 1. The summed E-state index contributed by atoms with van der Waals surface area (Å²) in [5.74, 6) is 4.74. The smallest absolute Gasteiger partial charge is 0.255 e. The summed E-state index contributed by atoms with van der Waals surface area (Å²) in [6.07, 6.45) is 0. The van der Waals surface area contributed by atoms with Crippen molar-refractivity contribution in [2.45, 2.75) is 0 Å². The van der Waals surface area contributed by atoms with E-state index in [0.717, 1.165) is 5.56 Å². The second-order valence-corrected chi connectivity index (χ2v) is 4.57. The van der Waals surface area contributed by atoms with E-state index in [0.29, 0.717) is 5.56 Å². The van der Waals surface area contributed by atoms with Gasteiger partial charge in [-0.05, 0) is 42.5 Å². The molecule has 106 valence electrons. The monoisotopic (exact) mass is 302 g/mol. The van der Waals surface area contributed by atoms with Crippen molar-refractivity contribution < 1.29 is 9.18 Å². The molecule has 0 fully saturated rings. The number of rotatable bonds is 2. The molecule has 0 radical (unpaired) electrons. The number of carbonyl (C=O) groups is 1. The Hall–Kier alpha value is -2.35. The molecule has 0 bridgehead atoms. The quantitative estimate of drug-likeness (QED) is 0.838. The van der Waals surface area contributed by atoms with E-state index in [-0.39, 0.29) is 23.2 Å². The van der Waals surface area contributed by atoms with Crippen molar-refractivity contribution in [3.05, 3.63) is 64.4 Å². The number of carbonyl (C=O) groups excluding carboxylic acids is 1. The first kappa shape index (κ1) is 15.0. The Bertz CT molecular complexity index is 717. The van der Waals surface area contributed by atoms with Crippen LogP contribution in [0.15, 0.2) is 42.5 Å². The van der Waals surface area contributed by atoms with Gasteiger partial charge >= 0.3 is 0 Å². The molecule has 1 amide bonds. The number of hydrogen-bond acceptors (Lipinski definition) is 2. The van der Waals surface area contributed by atoms with Crippen molar-refractivity contribution in [3.63, 3.8) is 0 Å². The maximum absolute atomic E-state index is 13.1. The Labute approximate surface area is 126 Å². The highest BCUT2D eigenvalue weighted by Gasteiger charge is 2.09. The second kappa shape index (κ2) is 6.89. The van der Waals surface area contributed by atoms with Crippen LogP contribution in [0.5, 0.6) is 0 Å². The highest BCUT2D eigenvalue weighted by Crippen LogP contribution is 2.23. The van der Waals surface area contributed by atoms with Crippen molar-refractivity contribution in [1.82, 2.24) is 0 Å². The number of benzene rings is 2. The van der Waals surface area contributed by atoms with Gasteiger partial charge in [0, 0.05) is 11.1 Å². The summed E-state index contributed by atoms with van der Waals surface area (Å²) < 4.78 is 13.1. The number of nitrogens with one attached hydrogen (secondary N) is 1. The van der Waals surface area contributed by atoms with Gasteiger partial charge in [-0.15, -0.1) is 0 Å². The Balaban J connectivity index is 2.15. The Morgan fingerprint density at radius 1 is 1.24 bits per heavy atom. The number of hydrogen-bond donors (Lipinski definition) is 2. The maximum Gasteiger partial charge on any atom is 0.255 e. The third-order valence-corrected chi connectivity index (χ3v) is 2.99. The average Bonchev–Trinajstić information content (AvgIpc) is 2.49. The van der Waals surface area contributed by atoms with Crippen molar-refractivity contribution in [1.29, 1.82) is 0 Å². The molecule has 0 aliphatic heterocycles. The summed E-state index contributed by atoms with van der Waals surface area (Å²) in [5, 5.41) is 2.84. The van der Waals surface area contributed by atoms with Crippen LogP contribution >= 0.6 is 11.6 Å². The zero-order valence-electron chi connectivity index (χ0n) is 11.0. The lowest BCUT2D eigenvalue weighted by atomic mass is 10.1. The summed E-state index contributed by atoms with van der Waals surface area (Å²) >= 11 is 5.90. The third-order valence-electron chi connectivity index (χ3n) is 2.66. The largest absolute Gasteiger partial charge is 0.321 e. The molecular formula is C16H12ClFN2O. The molecule has 0 aliphatic carbocycles. The molecule has 0 aliphatic rings. The zero-order valence-corrected chi connectivity index (χ0v) is 11.7. The van der Waals surface area contributed by atoms with Gasteiger partial charge in [0.25, 0.3) is 5.91 Å². The average molecular weight is 303 g/mol. The molecule has 0 atom stereocenters. The molecule has 0 heterocycles. The van der Waals surface area contributed by atoms with Crippen LogP contribution in [0.25, 0.3) is 0 Å². The van der Waals surface area contributed by atoms with Crippen molar-refractivity contribution in [2.75, 3.05) is 11.9 Å². The van der Waals surface area contributed by atoms with E-state index in [1.54, 1.807) is 24.3 Å². The van der Waals surface area contributed by atoms with E-state index in [2.05, 4.69) is 17.2 Å². The van der Waals surface area contributed by atoms with Crippen molar-refractivity contribution in [3.8, 4) is 11.8 Å². The molecule has 2 rings (SSSR count). The lowest BCUT2D eigenvalue weighted by molar-refractivity contribution is 0.102. The van der Waals surface area contributed by atoms with E-state index < -0.39 is 5.82 Å². The fraction of sp³-hybridized carbons (Fsp3) is 0.0625. The van der Waals surface area contributed by atoms with Crippen LogP contribution in [-0.2, 0) is 0 Å². The Morgan fingerprint density at radius 2 is 1.95 bits per heavy atom. The Morgan fingerprint density at radius 3 is 2.62 bits per heavy atom. The zero-order chi connectivity index (χ0) is 15.2. The van der Waals surface area contributed by atoms with E-state index in [1.165, 1.54) is 18.2 Å². The molecule has 3 nitrogen and oxygen atoms in total. The summed E-state index contributed by atoms with van der Waals surface area (Å²) in [6, 6.07) is 10.5. The van der Waals surface area contributed by atoms with Crippen LogP contribution < -0.4 is 11.1 Å². The van der Waals surface area contributed by atoms with Gasteiger partial charge in [-0.25, -0.2) is 4.39 Å². The minimum Gasteiger partial charge on any atom is -0.321 e. The fourth-order valence-electron chi connectivity index (χ4n) is 1.65. The molecule has 0 unspecified atom stereocenters. The topological polar surface area (TPSA) is 55.1 Å². The standard InChI is InChI=1S/C16H12ClFN2O/c17-14-8-7-13(18)10-15(14)20-16(21)12-5-3-11(4-6-12)2-1-9-19/h3-8,10H,9,19H2,(H,20,21). The van der Waals surface area contributed by atoms with Crippen LogP contribution in [0, 0.1) is 17.7 Å². The van der Waals surface area contributed by atoms with Crippen LogP contribution in [-0.4, -0.2) is 12.5 Å². The number of amides is 1. The number of halogens is 2. The second-order valence-electron chi connectivity index (χ2n) is 4.16. The fourth-order valence-corrected chi connectivity index (χ4v) is 1.81. The van der Waals surface area contributed by atoms with Crippen LogP contribution in [0.2, 0.25) is 5.02 Å². The Kier molecular flexibility index (Phi) is 4.94.